The molecule has 0 saturated carbocycles. The Morgan fingerprint density at radius 1 is 1.32 bits per heavy atom. The molecule has 3 heterocycles. The van der Waals surface area contributed by atoms with Gasteiger partial charge < -0.3 is 4.98 Å². The van der Waals surface area contributed by atoms with E-state index in [-0.39, 0.29) is 0 Å². The first-order valence-corrected chi connectivity index (χ1v) is 7.86. The van der Waals surface area contributed by atoms with Gasteiger partial charge in [0, 0.05) is 23.3 Å². The molecule has 2 aromatic rings. The minimum Gasteiger partial charge on any atom is -0.346 e. The van der Waals surface area contributed by atoms with Crippen LogP contribution in [0.4, 0.5) is 0 Å². The molecule has 0 unspecified atom stereocenters. The molecule has 0 amide bonds. The summed E-state index contributed by atoms with van der Waals surface area (Å²) in [6.45, 7) is 4.68. The average molecular weight is 293 g/mol. The largest absolute Gasteiger partial charge is 0.346 e. The van der Waals surface area contributed by atoms with Crippen LogP contribution in [0.5, 0.6) is 0 Å². The molecule has 1 aliphatic heterocycles. The van der Waals surface area contributed by atoms with E-state index in [4.69, 9.17) is 0 Å². The summed E-state index contributed by atoms with van der Waals surface area (Å²) in [6.07, 6.45) is 13.9. The third kappa shape index (κ3) is 2.29. The predicted molar refractivity (Wildman–Crippen MR) is 90.1 cm³/mol. The number of nitrogens with two attached hydrogens (primary N) is 1. The van der Waals surface area contributed by atoms with Gasteiger partial charge in [-0.25, -0.2) is 4.98 Å². The van der Waals surface area contributed by atoms with E-state index in [1.54, 1.807) is 0 Å². The summed E-state index contributed by atoms with van der Waals surface area (Å²) in [6, 6.07) is 2.27. The maximum absolute atomic E-state index is 4.61. The molecule has 0 bridgehead atoms. The predicted octanol–water partition coefficient (Wildman–Crippen LogP) is 3.06. The standard InChI is InChI=1S/C18H20N4/c1-18(2)5-3-12(4-6-18)13-7-15-16(14-9-21-22-10-14)11-20-17(15)19-8-13/h3,7-11H,4-6H2,1-2H3,(H,19,20)(H,21,22)/p+1. The van der Waals surface area contributed by atoms with Crippen LogP contribution < -0.4 is 5.43 Å². The second kappa shape index (κ2) is 4.92. The van der Waals surface area contributed by atoms with E-state index < -0.39 is 0 Å². The molecule has 112 valence electrons. The fraction of sp³-hybridized carbons (Fsp3) is 0.333. The summed E-state index contributed by atoms with van der Waals surface area (Å²) >= 11 is 0. The lowest BCUT2D eigenvalue weighted by Gasteiger charge is -2.28. The molecule has 4 nitrogen and oxygen atoms in total. The zero-order valence-electron chi connectivity index (χ0n) is 13.1. The van der Waals surface area contributed by atoms with Gasteiger partial charge in [0.15, 0.2) is 0 Å². The Morgan fingerprint density at radius 3 is 2.95 bits per heavy atom. The molecule has 3 N–H and O–H groups in total. The second-order valence-corrected chi connectivity index (χ2v) is 6.97. The summed E-state index contributed by atoms with van der Waals surface area (Å²) in [5.41, 5.74) is 8.21. The van der Waals surface area contributed by atoms with Crippen molar-refractivity contribution in [1.29, 1.82) is 0 Å². The van der Waals surface area contributed by atoms with Gasteiger partial charge in [-0.2, -0.15) is 5.43 Å². The SMILES string of the molecule is CC1(C)CC=C(c2cnc3[nH]cc(C4=C[NH2+]N=C4)c3c2)CC1. The van der Waals surface area contributed by atoms with Crippen molar-refractivity contribution in [3.8, 4) is 0 Å². The van der Waals surface area contributed by atoms with Crippen LogP contribution in [-0.2, 0) is 0 Å². The highest BCUT2D eigenvalue weighted by Gasteiger charge is 2.22. The number of H-pyrrole nitrogens is 1. The van der Waals surface area contributed by atoms with Gasteiger partial charge in [-0.05, 0) is 41.9 Å². The summed E-state index contributed by atoms with van der Waals surface area (Å²) in [5, 5.41) is 5.34. The summed E-state index contributed by atoms with van der Waals surface area (Å²) < 4.78 is 0. The van der Waals surface area contributed by atoms with Crippen molar-refractivity contribution in [1.82, 2.24) is 9.97 Å². The van der Waals surface area contributed by atoms with Crippen LogP contribution in [0.3, 0.4) is 0 Å². The van der Waals surface area contributed by atoms with Crippen LogP contribution in [0, 0.1) is 5.41 Å². The van der Waals surface area contributed by atoms with Crippen LogP contribution in [-0.4, -0.2) is 16.2 Å². The van der Waals surface area contributed by atoms with Crippen molar-refractivity contribution in [2.75, 3.05) is 0 Å². The van der Waals surface area contributed by atoms with E-state index in [2.05, 4.69) is 41.1 Å². The zero-order valence-corrected chi connectivity index (χ0v) is 13.1. The quantitative estimate of drug-likeness (QED) is 0.821. The smallest absolute Gasteiger partial charge is 0.137 e. The molecule has 2 aliphatic rings. The van der Waals surface area contributed by atoms with E-state index >= 15 is 0 Å². The minimum atomic E-state index is 0.432. The number of allylic oxidation sites excluding steroid dienone is 3. The topological polar surface area (TPSA) is 57.6 Å². The number of aromatic amines is 1. The first-order chi connectivity index (χ1) is 10.6. The number of pyridine rings is 1. The van der Waals surface area contributed by atoms with Crippen LogP contribution in [0.15, 0.2) is 35.8 Å². The van der Waals surface area contributed by atoms with Gasteiger partial charge in [0.05, 0.1) is 11.8 Å². The first-order valence-electron chi connectivity index (χ1n) is 7.86. The highest BCUT2D eigenvalue weighted by Crippen LogP contribution is 2.38. The van der Waals surface area contributed by atoms with Crippen LogP contribution in [0.1, 0.15) is 44.2 Å². The van der Waals surface area contributed by atoms with Gasteiger partial charge in [0.1, 0.15) is 11.8 Å². The van der Waals surface area contributed by atoms with Crippen LogP contribution >= 0.6 is 0 Å². The Kier molecular flexibility index (Phi) is 3.01. The molecule has 22 heavy (non-hydrogen) atoms. The van der Waals surface area contributed by atoms with Gasteiger partial charge in [0.2, 0.25) is 0 Å². The number of hydrogen-bond donors (Lipinski definition) is 2. The van der Waals surface area contributed by atoms with Crippen molar-refractivity contribution in [2.24, 2.45) is 10.5 Å². The summed E-state index contributed by atoms with van der Waals surface area (Å²) in [4.78, 5) is 7.87. The molecule has 0 aromatic carbocycles. The Hall–Kier alpha value is -2.20. The maximum atomic E-state index is 4.61. The highest BCUT2D eigenvalue weighted by atomic mass is 15.3. The van der Waals surface area contributed by atoms with E-state index in [9.17, 15) is 0 Å². The Morgan fingerprint density at radius 2 is 2.23 bits per heavy atom. The first kappa shape index (κ1) is 13.5. The van der Waals surface area contributed by atoms with Crippen molar-refractivity contribution < 1.29 is 5.43 Å². The molecule has 0 saturated heterocycles. The molecule has 4 rings (SSSR count). The summed E-state index contributed by atoms with van der Waals surface area (Å²) in [7, 11) is 0. The second-order valence-electron chi connectivity index (χ2n) is 6.97. The molecule has 2 aromatic heterocycles. The molecule has 0 atom stereocenters. The summed E-state index contributed by atoms with van der Waals surface area (Å²) in [5.74, 6) is 0. The van der Waals surface area contributed by atoms with Gasteiger partial charge in [-0.3, -0.25) is 0 Å². The Labute approximate surface area is 130 Å². The molecular weight excluding hydrogens is 272 g/mol. The van der Waals surface area contributed by atoms with Crippen molar-refractivity contribution in [3.63, 3.8) is 0 Å². The fourth-order valence-electron chi connectivity index (χ4n) is 3.21. The van der Waals surface area contributed by atoms with Gasteiger partial charge in [-0.15, -0.1) is 0 Å². The normalized spacial score (nSPS) is 20.3. The van der Waals surface area contributed by atoms with Crippen molar-refractivity contribution in [2.45, 2.75) is 33.1 Å². The zero-order chi connectivity index (χ0) is 15.2. The number of hydrogen-bond acceptors (Lipinski definition) is 2. The number of quaternary nitrogens is 1. The number of nitrogens with one attached hydrogen (secondary N) is 1. The van der Waals surface area contributed by atoms with Gasteiger partial charge in [0.25, 0.3) is 0 Å². The number of rotatable bonds is 2. The van der Waals surface area contributed by atoms with E-state index in [1.807, 2.05) is 30.2 Å². The lowest BCUT2D eigenvalue weighted by atomic mass is 9.77. The lowest BCUT2D eigenvalue weighted by molar-refractivity contribution is -0.589. The lowest BCUT2D eigenvalue weighted by Crippen LogP contribution is -2.69. The molecule has 1 aliphatic carbocycles. The monoisotopic (exact) mass is 293 g/mol. The number of fused-ring (bicyclic) bond motifs is 1. The number of aromatic nitrogens is 2. The van der Waals surface area contributed by atoms with Crippen molar-refractivity contribution >= 4 is 28.4 Å². The molecule has 0 fully saturated rings. The van der Waals surface area contributed by atoms with Gasteiger partial charge in [-0.1, -0.05) is 25.0 Å². The van der Waals surface area contributed by atoms with Gasteiger partial charge >= 0.3 is 0 Å². The van der Waals surface area contributed by atoms with E-state index in [1.165, 1.54) is 28.5 Å². The average Bonchev–Trinajstić information content (AvgIpc) is 3.15. The van der Waals surface area contributed by atoms with Crippen LogP contribution in [0.25, 0.3) is 22.2 Å². The third-order valence-corrected chi connectivity index (χ3v) is 4.74. The van der Waals surface area contributed by atoms with Crippen LogP contribution in [0.2, 0.25) is 0 Å². The van der Waals surface area contributed by atoms with E-state index in [0.717, 1.165) is 24.1 Å². The maximum Gasteiger partial charge on any atom is 0.137 e. The number of nitrogens with zero attached hydrogens (tertiary/aromatic N) is 2. The third-order valence-electron chi connectivity index (χ3n) is 4.74. The Balaban J connectivity index is 1.76. The van der Waals surface area contributed by atoms with E-state index in [0.29, 0.717) is 5.41 Å². The fourth-order valence-corrected chi connectivity index (χ4v) is 3.21. The molecule has 0 spiro atoms. The minimum absolute atomic E-state index is 0.432. The van der Waals surface area contributed by atoms with Crippen molar-refractivity contribution in [3.05, 3.63) is 41.9 Å². The molecule has 0 radical (unpaired) electrons. The highest BCUT2D eigenvalue weighted by molar-refractivity contribution is 6.14. The molecule has 4 heteroatoms. The molecular formula is C18H21N4+. The Bertz CT molecular complexity index is 821.